The van der Waals surface area contributed by atoms with Crippen LogP contribution in [0.15, 0.2) is 53.5 Å². The molecule has 3 rings (SSSR count). The van der Waals surface area contributed by atoms with Gasteiger partial charge in [0, 0.05) is 18.4 Å². The highest BCUT2D eigenvalue weighted by atomic mass is 16.5. The molecule has 0 spiro atoms. The van der Waals surface area contributed by atoms with Gasteiger partial charge < -0.3 is 10.1 Å². The molecule has 134 valence electrons. The first kappa shape index (κ1) is 17.7. The van der Waals surface area contributed by atoms with Gasteiger partial charge in [-0.05, 0) is 36.2 Å². The number of nitrogens with zero attached hydrogens (tertiary/aromatic N) is 2. The Morgan fingerprint density at radius 2 is 2.04 bits per heavy atom. The van der Waals surface area contributed by atoms with Crippen LogP contribution in [-0.4, -0.2) is 22.8 Å². The molecule has 0 aliphatic carbocycles. The number of rotatable bonds is 6. The molecule has 6 nitrogen and oxygen atoms in total. The van der Waals surface area contributed by atoms with Crippen LogP contribution < -0.4 is 15.5 Å². The Hall–Kier alpha value is -3.15. The lowest BCUT2D eigenvalue weighted by Gasteiger charge is -2.11. The third-order valence-electron chi connectivity index (χ3n) is 4.27. The summed E-state index contributed by atoms with van der Waals surface area (Å²) < 4.78 is 6.98. The van der Waals surface area contributed by atoms with Gasteiger partial charge in [0.15, 0.2) is 0 Å². The number of carbonyl (C=O) groups excluding carboxylic acids is 1. The Morgan fingerprint density at radius 1 is 1.23 bits per heavy atom. The van der Waals surface area contributed by atoms with E-state index in [0.717, 1.165) is 22.4 Å². The van der Waals surface area contributed by atoms with E-state index in [4.69, 9.17) is 4.74 Å². The van der Waals surface area contributed by atoms with Crippen molar-refractivity contribution >= 4 is 16.8 Å². The highest BCUT2D eigenvalue weighted by Gasteiger charge is 2.07. The number of carbonyl (C=O) groups is 1. The maximum absolute atomic E-state index is 12.2. The summed E-state index contributed by atoms with van der Waals surface area (Å²) in [6.07, 6.45) is 1.57. The molecule has 3 aromatic rings. The van der Waals surface area contributed by atoms with Crippen LogP contribution in [0.1, 0.15) is 17.5 Å². The van der Waals surface area contributed by atoms with Crippen LogP contribution in [0.25, 0.3) is 10.9 Å². The molecule has 0 saturated heterocycles. The average Bonchev–Trinajstić information content (AvgIpc) is 2.67. The summed E-state index contributed by atoms with van der Waals surface area (Å²) in [6.45, 7) is 2.82. The molecule has 0 fully saturated rings. The van der Waals surface area contributed by atoms with Gasteiger partial charge in [-0.25, -0.2) is 0 Å². The number of aryl methyl sites for hydroxylation is 2. The minimum atomic E-state index is -0.116. The molecule has 1 N–H and O–H groups in total. The SMILES string of the molecule is COc1cc(CNC(=O)CCn2ncc(=O)c3ccccc32)ccc1C. The van der Waals surface area contributed by atoms with Gasteiger partial charge in [-0.1, -0.05) is 24.3 Å². The second-order valence-electron chi connectivity index (χ2n) is 6.08. The molecule has 6 heteroatoms. The van der Waals surface area contributed by atoms with Crippen molar-refractivity contribution in [3.05, 3.63) is 70.0 Å². The van der Waals surface area contributed by atoms with Gasteiger partial charge in [0.25, 0.3) is 0 Å². The van der Waals surface area contributed by atoms with E-state index in [0.29, 0.717) is 18.5 Å². The summed E-state index contributed by atoms with van der Waals surface area (Å²) in [6, 6.07) is 13.1. The molecule has 0 aliphatic rings. The summed E-state index contributed by atoms with van der Waals surface area (Å²) in [4.78, 5) is 24.0. The van der Waals surface area contributed by atoms with Crippen molar-refractivity contribution in [1.82, 2.24) is 15.1 Å². The second kappa shape index (κ2) is 7.82. The predicted octanol–water partition coefficient (Wildman–Crippen LogP) is 2.42. The topological polar surface area (TPSA) is 73.2 Å². The lowest BCUT2D eigenvalue weighted by molar-refractivity contribution is -0.121. The summed E-state index contributed by atoms with van der Waals surface area (Å²) in [5.41, 5.74) is 2.65. The molecule has 0 radical (unpaired) electrons. The molecule has 0 saturated carbocycles. The van der Waals surface area contributed by atoms with Gasteiger partial charge in [0.2, 0.25) is 11.3 Å². The zero-order valence-corrected chi connectivity index (χ0v) is 14.9. The Bertz CT molecular complexity index is 995. The van der Waals surface area contributed by atoms with Crippen LogP contribution in [0.5, 0.6) is 5.75 Å². The van der Waals surface area contributed by atoms with Crippen LogP contribution in [0, 0.1) is 6.92 Å². The lowest BCUT2D eigenvalue weighted by atomic mass is 10.1. The van der Waals surface area contributed by atoms with E-state index in [2.05, 4.69) is 10.4 Å². The summed E-state index contributed by atoms with van der Waals surface area (Å²) in [5.74, 6) is 0.731. The van der Waals surface area contributed by atoms with E-state index in [1.165, 1.54) is 6.20 Å². The number of hydrogen-bond acceptors (Lipinski definition) is 4. The van der Waals surface area contributed by atoms with E-state index >= 15 is 0 Å². The van der Waals surface area contributed by atoms with Crippen molar-refractivity contribution in [3.63, 3.8) is 0 Å². The van der Waals surface area contributed by atoms with Crippen molar-refractivity contribution in [2.45, 2.75) is 26.4 Å². The standard InChI is InChI=1S/C20H21N3O3/c1-14-7-8-15(11-19(14)26-2)12-21-20(25)9-10-23-17-6-4-3-5-16(17)18(24)13-22-23/h3-8,11,13H,9-10,12H2,1-2H3,(H,21,25). The highest BCUT2D eigenvalue weighted by Crippen LogP contribution is 2.18. The summed E-state index contributed by atoms with van der Waals surface area (Å²) in [7, 11) is 1.63. The normalized spacial score (nSPS) is 10.7. The van der Waals surface area contributed by atoms with Crippen LogP contribution >= 0.6 is 0 Å². The predicted molar refractivity (Wildman–Crippen MR) is 100 cm³/mol. The van der Waals surface area contributed by atoms with Gasteiger partial charge in [-0.2, -0.15) is 5.10 Å². The molecule has 0 unspecified atom stereocenters. The van der Waals surface area contributed by atoms with Crippen molar-refractivity contribution in [2.75, 3.05) is 7.11 Å². The summed E-state index contributed by atoms with van der Waals surface area (Å²) >= 11 is 0. The zero-order valence-electron chi connectivity index (χ0n) is 14.9. The number of ether oxygens (including phenoxy) is 1. The molecule has 2 aromatic carbocycles. The van der Waals surface area contributed by atoms with Crippen LogP contribution in [0.4, 0.5) is 0 Å². The quantitative estimate of drug-likeness (QED) is 0.740. The number of amides is 1. The Labute approximate surface area is 151 Å². The van der Waals surface area contributed by atoms with E-state index in [9.17, 15) is 9.59 Å². The first-order chi connectivity index (χ1) is 12.6. The van der Waals surface area contributed by atoms with Crippen molar-refractivity contribution in [3.8, 4) is 5.75 Å². The van der Waals surface area contributed by atoms with Gasteiger partial charge in [-0.3, -0.25) is 14.3 Å². The van der Waals surface area contributed by atoms with E-state index < -0.39 is 0 Å². The number of hydrogen-bond donors (Lipinski definition) is 1. The fourth-order valence-electron chi connectivity index (χ4n) is 2.81. The first-order valence-corrected chi connectivity index (χ1v) is 8.43. The van der Waals surface area contributed by atoms with E-state index in [-0.39, 0.29) is 17.8 Å². The Morgan fingerprint density at radius 3 is 2.85 bits per heavy atom. The van der Waals surface area contributed by atoms with Crippen molar-refractivity contribution in [2.24, 2.45) is 0 Å². The minimum absolute atomic E-state index is 0.0749. The van der Waals surface area contributed by atoms with Crippen LogP contribution in [0.3, 0.4) is 0 Å². The average molecular weight is 351 g/mol. The Balaban J connectivity index is 1.61. The molecular weight excluding hydrogens is 330 g/mol. The second-order valence-corrected chi connectivity index (χ2v) is 6.08. The number of benzene rings is 2. The molecule has 1 amide bonds. The van der Waals surface area contributed by atoms with Gasteiger partial charge in [-0.15, -0.1) is 0 Å². The maximum atomic E-state index is 12.2. The third-order valence-corrected chi connectivity index (χ3v) is 4.27. The van der Waals surface area contributed by atoms with Gasteiger partial charge in [0.05, 0.1) is 25.4 Å². The molecule has 1 heterocycles. The fourth-order valence-corrected chi connectivity index (χ4v) is 2.81. The van der Waals surface area contributed by atoms with E-state index in [1.807, 2.05) is 43.3 Å². The number of methoxy groups -OCH3 is 1. The maximum Gasteiger partial charge on any atom is 0.222 e. The Kier molecular flexibility index (Phi) is 5.31. The number of fused-ring (bicyclic) bond motifs is 1. The van der Waals surface area contributed by atoms with Gasteiger partial charge >= 0.3 is 0 Å². The first-order valence-electron chi connectivity index (χ1n) is 8.43. The molecule has 26 heavy (non-hydrogen) atoms. The lowest BCUT2D eigenvalue weighted by Crippen LogP contribution is -2.24. The minimum Gasteiger partial charge on any atom is -0.496 e. The zero-order chi connectivity index (χ0) is 18.5. The van der Waals surface area contributed by atoms with Gasteiger partial charge in [0.1, 0.15) is 5.75 Å². The largest absolute Gasteiger partial charge is 0.496 e. The molecule has 1 aromatic heterocycles. The molecular formula is C20H21N3O3. The monoisotopic (exact) mass is 351 g/mol. The van der Waals surface area contributed by atoms with Crippen molar-refractivity contribution in [1.29, 1.82) is 0 Å². The molecule has 0 atom stereocenters. The molecule has 0 bridgehead atoms. The third kappa shape index (κ3) is 3.91. The molecule has 0 aliphatic heterocycles. The number of aromatic nitrogens is 2. The smallest absolute Gasteiger partial charge is 0.222 e. The van der Waals surface area contributed by atoms with E-state index in [1.54, 1.807) is 17.9 Å². The number of para-hydroxylation sites is 1. The highest BCUT2D eigenvalue weighted by molar-refractivity contribution is 5.79. The fraction of sp³-hybridized carbons (Fsp3) is 0.250. The van der Waals surface area contributed by atoms with Crippen LogP contribution in [-0.2, 0) is 17.9 Å². The van der Waals surface area contributed by atoms with Crippen LogP contribution in [0.2, 0.25) is 0 Å². The summed E-state index contributed by atoms with van der Waals surface area (Å²) in [5, 5.41) is 7.64. The van der Waals surface area contributed by atoms with Crippen molar-refractivity contribution < 1.29 is 9.53 Å². The number of nitrogens with one attached hydrogen (secondary N) is 1.